The van der Waals surface area contributed by atoms with Crippen LogP contribution in [0.3, 0.4) is 0 Å². The monoisotopic (exact) mass is 255 g/mol. The fourth-order valence-electron chi connectivity index (χ4n) is 1.25. The van der Waals surface area contributed by atoms with E-state index in [2.05, 4.69) is 26.0 Å². The number of nitrogens with two attached hydrogens (primary N) is 1. The van der Waals surface area contributed by atoms with Gasteiger partial charge in [0, 0.05) is 25.6 Å². The third kappa shape index (κ3) is 1.65. The molecule has 2 heterocycles. The SMILES string of the molecule is Cn1cc(Br)c(Cn2ccnc2N)n1. The van der Waals surface area contributed by atoms with Crippen LogP contribution in [0, 0.1) is 0 Å². The molecule has 0 aliphatic rings. The highest BCUT2D eigenvalue weighted by Gasteiger charge is 2.06. The molecular weight excluding hydrogens is 246 g/mol. The molecule has 0 fully saturated rings. The molecule has 6 heteroatoms. The van der Waals surface area contributed by atoms with E-state index in [1.807, 2.05) is 24.0 Å². The first-order valence-electron chi connectivity index (χ1n) is 4.11. The number of aromatic nitrogens is 4. The number of imidazole rings is 1. The van der Waals surface area contributed by atoms with Crippen LogP contribution in [0.2, 0.25) is 0 Å². The molecule has 0 amide bonds. The molecule has 74 valence electrons. The van der Waals surface area contributed by atoms with Crippen LogP contribution < -0.4 is 5.73 Å². The number of nitrogen functional groups attached to an aromatic ring is 1. The summed E-state index contributed by atoms with van der Waals surface area (Å²) in [6.07, 6.45) is 5.41. The molecule has 0 aliphatic carbocycles. The van der Waals surface area contributed by atoms with E-state index in [0.717, 1.165) is 10.2 Å². The summed E-state index contributed by atoms with van der Waals surface area (Å²) in [7, 11) is 1.88. The summed E-state index contributed by atoms with van der Waals surface area (Å²) in [6, 6.07) is 0. The molecule has 14 heavy (non-hydrogen) atoms. The number of aryl methyl sites for hydroxylation is 1. The lowest BCUT2D eigenvalue weighted by molar-refractivity contribution is 0.710. The highest BCUT2D eigenvalue weighted by molar-refractivity contribution is 9.10. The molecule has 0 aliphatic heterocycles. The van der Waals surface area contributed by atoms with E-state index in [4.69, 9.17) is 5.73 Å². The quantitative estimate of drug-likeness (QED) is 0.872. The van der Waals surface area contributed by atoms with Crippen LogP contribution in [-0.4, -0.2) is 19.3 Å². The van der Waals surface area contributed by atoms with Gasteiger partial charge in [-0.05, 0) is 15.9 Å². The van der Waals surface area contributed by atoms with Crippen molar-refractivity contribution >= 4 is 21.9 Å². The van der Waals surface area contributed by atoms with Crippen LogP contribution in [0.4, 0.5) is 5.95 Å². The fraction of sp³-hybridized carbons (Fsp3) is 0.250. The van der Waals surface area contributed by atoms with E-state index in [1.165, 1.54) is 0 Å². The Morgan fingerprint density at radius 1 is 1.57 bits per heavy atom. The smallest absolute Gasteiger partial charge is 0.200 e. The maximum atomic E-state index is 5.65. The van der Waals surface area contributed by atoms with Crippen LogP contribution in [0.25, 0.3) is 0 Å². The maximum absolute atomic E-state index is 5.65. The third-order valence-corrected chi connectivity index (χ3v) is 2.58. The van der Waals surface area contributed by atoms with Gasteiger partial charge in [-0.1, -0.05) is 0 Å². The molecule has 0 aromatic carbocycles. The summed E-state index contributed by atoms with van der Waals surface area (Å²) in [5.41, 5.74) is 6.59. The Bertz CT molecular complexity index is 444. The highest BCUT2D eigenvalue weighted by atomic mass is 79.9. The standard InChI is InChI=1S/C8H10BrN5/c1-13-4-6(9)7(12-13)5-14-3-2-11-8(14)10/h2-4H,5H2,1H3,(H2,10,11). The van der Waals surface area contributed by atoms with E-state index in [0.29, 0.717) is 12.5 Å². The number of nitrogens with zero attached hydrogens (tertiary/aromatic N) is 4. The summed E-state index contributed by atoms with van der Waals surface area (Å²) in [6.45, 7) is 0.632. The average molecular weight is 256 g/mol. The number of hydrogen-bond donors (Lipinski definition) is 1. The van der Waals surface area contributed by atoms with E-state index in [1.54, 1.807) is 10.9 Å². The van der Waals surface area contributed by atoms with Crippen molar-refractivity contribution in [1.82, 2.24) is 19.3 Å². The van der Waals surface area contributed by atoms with E-state index in [9.17, 15) is 0 Å². The molecule has 2 rings (SSSR count). The van der Waals surface area contributed by atoms with Gasteiger partial charge in [-0.15, -0.1) is 0 Å². The van der Waals surface area contributed by atoms with E-state index >= 15 is 0 Å². The van der Waals surface area contributed by atoms with E-state index < -0.39 is 0 Å². The zero-order valence-corrected chi connectivity index (χ0v) is 9.27. The first-order chi connectivity index (χ1) is 6.66. The van der Waals surface area contributed by atoms with Gasteiger partial charge in [0.25, 0.3) is 0 Å². The maximum Gasteiger partial charge on any atom is 0.200 e. The highest BCUT2D eigenvalue weighted by Crippen LogP contribution is 2.16. The van der Waals surface area contributed by atoms with Crippen molar-refractivity contribution < 1.29 is 0 Å². The molecule has 5 nitrogen and oxygen atoms in total. The Balaban J connectivity index is 2.27. The zero-order valence-electron chi connectivity index (χ0n) is 7.68. The topological polar surface area (TPSA) is 61.7 Å². The van der Waals surface area contributed by atoms with Crippen LogP contribution in [0.1, 0.15) is 5.69 Å². The Morgan fingerprint density at radius 2 is 2.36 bits per heavy atom. The molecular formula is C8H10BrN5. The summed E-state index contributed by atoms with van der Waals surface area (Å²) >= 11 is 3.43. The summed E-state index contributed by atoms with van der Waals surface area (Å²) in [5, 5.41) is 4.29. The number of rotatable bonds is 2. The second-order valence-corrected chi connectivity index (χ2v) is 3.87. The Hall–Kier alpha value is -1.30. The van der Waals surface area contributed by atoms with Gasteiger partial charge in [0.1, 0.15) is 0 Å². The van der Waals surface area contributed by atoms with Crippen molar-refractivity contribution in [3.8, 4) is 0 Å². The third-order valence-electron chi connectivity index (χ3n) is 1.92. The Labute approximate surface area is 89.7 Å². The molecule has 2 aromatic heterocycles. The minimum absolute atomic E-state index is 0.502. The predicted octanol–water partition coefficient (Wildman–Crippen LogP) is 1.01. The molecule has 0 unspecified atom stereocenters. The summed E-state index contributed by atoms with van der Waals surface area (Å²) in [4.78, 5) is 3.94. The lowest BCUT2D eigenvalue weighted by Crippen LogP contribution is -2.04. The molecule has 0 saturated heterocycles. The van der Waals surface area contributed by atoms with Crippen molar-refractivity contribution in [1.29, 1.82) is 0 Å². The Morgan fingerprint density at radius 3 is 2.86 bits per heavy atom. The van der Waals surface area contributed by atoms with Gasteiger partial charge in [-0.3, -0.25) is 4.68 Å². The van der Waals surface area contributed by atoms with Crippen LogP contribution in [-0.2, 0) is 13.6 Å². The average Bonchev–Trinajstić information content (AvgIpc) is 2.62. The lowest BCUT2D eigenvalue weighted by atomic mass is 10.4. The largest absolute Gasteiger partial charge is 0.369 e. The molecule has 0 saturated carbocycles. The summed E-state index contributed by atoms with van der Waals surface area (Å²) in [5.74, 6) is 0.502. The Kier molecular flexibility index (Phi) is 2.28. The molecule has 2 aromatic rings. The molecule has 0 atom stereocenters. The normalized spacial score (nSPS) is 10.7. The molecule has 2 N–H and O–H groups in total. The summed E-state index contributed by atoms with van der Waals surface area (Å²) < 4.78 is 4.58. The van der Waals surface area contributed by atoms with Gasteiger partial charge in [0.2, 0.25) is 0 Å². The minimum atomic E-state index is 0.502. The zero-order chi connectivity index (χ0) is 10.1. The van der Waals surface area contributed by atoms with Gasteiger partial charge in [-0.2, -0.15) is 5.10 Å². The van der Waals surface area contributed by atoms with Crippen LogP contribution >= 0.6 is 15.9 Å². The second kappa shape index (κ2) is 3.45. The molecule has 0 bridgehead atoms. The van der Waals surface area contributed by atoms with Gasteiger partial charge in [-0.25, -0.2) is 4.98 Å². The number of halogens is 1. The molecule has 0 radical (unpaired) electrons. The van der Waals surface area contributed by atoms with Gasteiger partial charge in [0.05, 0.1) is 16.7 Å². The molecule has 0 spiro atoms. The van der Waals surface area contributed by atoms with Crippen molar-refractivity contribution in [2.45, 2.75) is 6.54 Å². The van der Waals surface area contributed by atoms with Crippen molar-refractivity contribution in [2.75, 3.05) is 5.73 Å². The van der Waals surface area contributed by atoms with Crippen molar-refractivity contribution in [3.05, 3.63) is 28.8 Å². The second-order valence-electron chi connectivity index (χ2n) is 3.01. The number of hydrogen-bond acceptors (Lipinski definition) is 3. The van der Waals surface area contributed by atoms with Gasteiger partial charge < -0.3 is 10.3 Å². The minimum Gasteiger partial charge on any atom is -0.369 e. The number of anilines is 1. The first-order valence-corrected chi connectivity index (χ1v) is 4.91. The van der Waals surface area contributed by atoms with Crippen LogP contribution in [0.5, 0.6) is 0 Å². The van der Waals surface area contributed by atoms with Crippen molar-refractivity contribution in [2.24, 2.45) is 7.05 Å². The predicted molar refractivity (Wildman–Crippen MR) is 56.6 cm³/mol. The fourth-order valence-corrected chi connectivity index (χ4v) is 1.75. The lowest BCUT2D eigenvalue weighted by Gasteiger charge is -2.01. The van der Waals surface area contributed by atoms with Crippen molar-refractivity contribution in [3.63, 3.8) is 0 Å². The van der Waals surface area contributed by atoms with Crippen LogP contribution in [0.15, 0.2) is 23.1 Å². The first kappa shape index (κ1) is 9.26. The van der Waals surface area contributed by atoms with Gasteiger partial charge in [0.15, 0.2) is 5.95 Å². The van der Waals surface area contributed by atoms with E-state index in [-0.39, 0.29) is 0 Å². The van der Waals surface area contributed by atoms with Gasteiger partial charge >= 0.3 is 0 Å².